The number of para-hydroxylation sites is 3. The Labute approximate surface area is 359 Å². The van der Waals surface area contributed by atoms with E-state index in [1.807, 2.05) is 115 Å². The van der Waals surface area contributed by atoms with Crippen LogP contribution in [0.25, 0.3) is 123 Å². The van der Waals surface area contributed by atoms with Crippen LogP contribution in [-0.2, 0) is 0 Å². The van der Waals surface area contributed by atoms with E-state index in [0.717, 1.165) is 87.8 Å². The van der Waals surface area contributed by atoms with Crippen molar-refractivity contribution in [3.8, 4) is 57.4 Å². The molecule has 13 aromatic rings. The molecule has 0 saturated carbocycles. The first-order valence-electron chi connectivity index (χ1n) is 20.8. The molecule has 0 saturated heterocycles. The van der Waals surface area contributed by atoms with Crippen LogP contribution >= 0.6 is 0 Å². The van der Waals surface area contributed by atoms with Crippen molar-refractivity contribution in [2.75, 3.05) is 0 Å². The third kappa shape index (κ3) is 5.64. The number of hydrogen-bond donors (Lipinski definition) is 0. The van der Waals surface area contributed by atoms with Gasteiger partial charge in [-0.2, -0.15) is 19.9 Å². The Balaban J connectivity index is 1.04. The quantitative estimate of drug-likeness (QED) is 0.165. The Hall–Kier alpha value is -8.82. The van der Waals surface area contributed by atoms with Crippen LogP contribution in [0.3, 0.4) is 0 Å². The maximum atomic E-state index is 6.36. The largest absolute Gasteiger partial charge is 0.456 e. The Morgan fingerprint density at radius 1 is 0.270 bits per heavy atom. The minimum atomic E-state index is 0.520. The van der Waals surface area contributed by atoms with Gasteiger partial charge in [0, 0.05) is 54.6 Å². The maximum Gasteiger partial charge on any atom is 0.238 e. The van der Waals surface area contributed by atoms with E-state index >= 15 is 0 Å². The average molecular weight is 809 g/mol. The summed E-state index contributed by atoms with van der Waals surface area (Å²) in [6.45, 7) is 0. The van der Waals surface area contributed by atoms with Gasteiger partial charge in [-0.15, -0.1) is 0 Å². The molecule has 0 atom stereocenters. The van der Waals surface area contributed by atoms with Gasteiger partial charge in [0.05, 0.1) is 22.1 Å². The third-order valence-corrected chi connectivity index (χ3v) is 11.8. The summed E-state index contributed by atoms with van der Waals surface area (Å²) in [7, 11) is 0. The van der Waals surface area contributed by atoms with Crippen LogP contribution in [0.15, 0.2) is 199 Å². The number of fused-ring (bicyclic) bond motifs is 9. The second-order valence-corrected chi connectivity index (χ2v) is 15.6. The summed E-state index contributed by atoms with van der Waals surface area (Å²) in [5.41, 5.74) is 9.13. The highest BCUT2D eigenvalue weighted by molar-refractivity contribution is 6.17. The number of nitrogens with zero attached hydrogens (tertiary/aromatic N) is 8. The highest BCUT2D eigenvalue weighted by Gasteiger charge is 2.22. The van der Waals surface area contributed by atoms with Gasteiger partial charge in [-0.1, -0.05) is 146 Å². The molecule has 0 bridgehead atoms. The lowest BCUT2D eigenvalue weighted by molar-refractivity contribution is 0.669. The van der Waals surface area contributed by atoms with E-state index in [-0.39, 0.29) is 0 Å². The fourth-order valence-electron chi connectivity index (χ4n) is 8.94. The minimum Gasteiger partial charge on any atom is -0.456 e. The lowest BCUT2D eigenvalue weighted by Gasteiger charge is -2.12. The van der Waals surface area contributed by atoms with Crippen LogP contribution in [-0.4, -0.2) is 39.0 Å². The van der Waals surface area contributed by atoms with Gasteiger partial charge < -0.3 is 4.42 Å². The zero-order valence-corrected chi connectivity index (χ0v) is 33.5. The molecule has 13 rings (SSSR count). The van der Waals surface area contributed by atoms with Gasteiger partial charge in [0.1, 0.15) is 11.2 Å². The molecule has 294 valence electrons. The van der Waals surface area contributed by atoms with Gasteiger partial charge >= 0.3 is 0 Å². The van der Waals surface area contributed by atoms with Crippen molar-refractivity contribution in [3.63, 3.8) is 0 Å². The molecular weight excluding hydrogens is 777 g/mol. The average Bonchev–Trinajstić information content (AvgIpc) is 4.00. The summed E-state index contributed by atoms with van der Waals surface area (Å²) >= 11 is 0. The van der Waals surface area contributed by atoms with E-state index in [4.69, 9.17) is 34.3 Å². The summed E-state index contributed by atoms with van der Waals surface area (Å²) < 4.78 is 10.6. The van der Waals surface area contributed by atoms with Gasteiger partial charge in [-0.25, -0.2) is 9.97 Å². The highest BCUT2D eigenvalue weighted by atomic mass is 16.3. The molecule has 0 aliphatic heterocycles. The fraction of sp³-hybridized carbons (Fsp3) is 0. The van der Waals surface area contributed by atoms with Crippen LogP contribution in [0.2, 0.25) is 0 Å². The van der Waals surface area contributed by atoms with Crippen molar-refractivity contribution in [2.24, 2.45) is 0 Å². The topological polar surface area (TPSA) is 100 Å². The molecule has 63 heavy (non-hydrogen) atoms. The first-order chi connectivity index (χ1) is 31.2. The second-order valence-electron chi connectivity index (χ2n) is 15.6. The van der Waals surface area contributed by atoms with Gasteiger partial charge in [0.2, 0.25) is 11.9 Å². The number of aromatic nitrogens is 8. The smallest absolute Gasteiger partial charge is 0.238 e. The van der Waals surface area contributed by atoms with E-state index < -0.39 is 0 Å². The third-order valence-electron chi connectivity index (χ3n) is 11.8. The van der Waals surface area contributed by atoms with Crippen LogP contribution in [0.5, 0.6) is 0 Å². The molecule has 9 heteroatoms. The van der Waals surface area contributed by atoms with Gasteiger partial charge in [0.25, 0.3) is 0 Å². The summed E-state index contributed by atoms with van der Waals surface area (Å²) in [6, 6.07) is 65.8. The van der Waals surface area contributed by atoms with E-state index in [1.54, 1.807) is 0 Å². The van der Waals surface area contributed by atoms with Crippen molar-refractivity contribution < 1.29 is 4.42 Å². The number of benzene rings is 8. The van der Waals surface area contributed by atoms with Gasteiger partial charge in [0.15, 0.2) is 23.3 Å². The summed E-state index contributed by atoms with van der Waals surface area (Å²) in [4.78, 5) is 30.9. The summed E-state index contributed by atoms with van der Waals surface area (Å²) in [6.07, 6.45) is 0. The van der Waals surface area contributed by atoms with Gasteiger partial charge in [-0.3, -0.25) is 9.13 Å². The lowest BCUT2D eigenvalue weighted by atomic mass is 10.1. The molecular formula is C54H32N8O. The van der Waals surface area contributed by atoms with Crippen LogP contribution in [0, 0.1) is 0 Å². The maximum absolute atomic E-state index is 6.36. The first kappa shape index (κ1) is 35.0. The van der Waals surface area contributed by atoms with Crippen molar-refractivity contribution in [1.82, 2.24) is 39.0 Å². The molecule has 5 aromatic heterocycles. The van der Waals surface area contributed by atoms with Crippen LogP contribution in [0.4, 0.5) is 0 Å². The zero-order chi connectivity index (χ0) is 41.4. The molecule has 0 unspecified atom stereocenters. The summed E-state index contributed by atoms with van der Waals surface area (Å²) in [5, 5.41) is 6.29. The van der Waals surface area contributed by atoms with Crippen molar-refractivity contribution >= 4 is 65.6 Å². The predicted molar refractivity (Wildman–Crippen MR) is 251 cm³/mol. The van der Waals surface area contributed by atoms with E-state index in [1.165, 1.54) is 0 Å². The molecule has 0 amide bonds. The SMILES string of the molecule is c1ccc(-c2nc(-c3ccccc3)nc(-n3c4ccccc4c4cc(-c5nc(-c6ccccc6)nc(-n6c7ccccc7c7cc8oc9ccccc9c8cc76)n5)ccc43)n2)cc1. The Morgan fingerprint density at radius 2 is 0.698 bits per heavy atom. The molecule has 9 nitrogen and oxygen atoms in total. The molecule has 0 spiro atoms. The number of rotatable bonds is 6. The molecule has 0 fully saturated rings. The molecule has 0 aliphatic carbocycles. The number of hydrogen-bond acceptors (Lipinski definition) is 7. The van der Waals surface area contributed by atoms with Crippen LogP contribution < -0.4 is 0 Å². The van der Waals surface area contributed by atoms with Crippen LogP contribution in [0.1, 0.15) is 0 Å². The Morgan fingerprint density at radius 3 is 1.25 bits per heavy atom. The van der Waals surface area contributed by atoms with E-state index in [0.29, 0.717) is 35.2 Å². The second kappa shape index (κ2) is 13.9. The van der Waals surface area contributed by atoms with Crippen molar-refractivity contribution in [3.05, 3.63) is 194 Å². The van der Waals surface area contributed by atoms with E-state index in [9.17, 15) is 0 Å². The monoisotopic (exact) mass is 808 g/mol. The first-order valence-corrected chi connectivity index (χ1v) is 20.8. The summed E-state index contributed by atoms with van der Waals surface area (Å²) in [5.74, 6) is 3.37. The predicted octanol–water partition coefficient (Wildman–Crippen LogP) is 12.8. The van der Waals surface area contributed by atoms with E-state index in [2.05, 4.69) is 88.0 Å². The fourth-order valence-corrected chi connectivity index (χ4v) is 8.94. The Kier molecular flexibility index (Phi) is 7.70. The minimum absolute atomic E-state index is 0.520. The van der Waals surface area contributed by atoms with Crippen molar-refractivity contribution in [2.45, 2.75) is 0 Å². The molecule has 0 aliphatic rings. The lowest BCUT2D eigenvalue weighted by Crippen LogP contribution is -2.07. The zero-order valence-electron chi connectivity index (χ0n) is 33.5. The molecule has 5 heterocycles. The number of furan rings is 1. The Bertz CT molecular complexity index is 3850. The molecule has 8 aromatic carbocycles. The molecule has 0 radical (unpaired) electrons. The molecule has 0 N–H and O–H groups in total. The standard InChI is InChI=1S/C54H32N8O/c1-4-16-33(17-5-1)49-55-50(34-18-6-2-7-19-34)58-53(57-49)61-43-25-13-10-22-37(43)40-30-36(28-29-45(40)61)52-56-51(35-20-8-3-9-21-35)59-54(60-52)62-44-26-14-11-23-38(44)41-32-48-42(31-46(41)62)39-24-12-15-27-47(39)63-48/h1-32H. The van der Waals surface area contributed by atoms with Crippen molar-refractivity contribution in [1.29, 1.82) is 0 Å². The normalized spacial score (nSPS) is 11.8. The highest BCUT2D eigenvalue weighted by Crippen LogP contribution is 2.39. The van der Waals surface area contributed by atoms with Gasteiger partial charge in [-0.05, 0) is 48.5 Å².